The van der Waals surface area contributed by atoms with Crippen molar-refractivity contribution < 1.29 is 28.9 Å². The number of amides is 1. The molecule has 0 radical (unpaired) electrons. The topological polar surface area (TPSA) is 88.5 Å². The molecular formula is C25H30N2O6. The molecule has 0 bridgehead atoms. The molecule has 1 aliphatic heterocycles. The average Bonchev–Trinajstić information content (AvgIpc) is 3.07. The second-order valence-electron chi connectivity index (χ2n) is 7.87. The number of nitrogens with zero attached hydrogens (tertiary/aromatic N) is 2. The summed E-state index contributed by atoms with van der Waals surface area (Å²) in [6, 6.07) is 11.2. The molecule has 176 valence electrons. The Balaban J connectivity index is 2.18. The van der Waals surface area contributed by atoms with Crippen molar-refractivity contribution in [2.75, 3.05) is 48.0 Å². The lowest BCUT2D eigenvalue weighted by Crippen LogP contribution is -2.35. The minimum absolute atomic E-state index is 0.0261. The van der Waals surface area contributed by atoms with Gasteiger partial charge in [0.1, 0.15) is 11.5 Å². The summed E-state index contributed by atoms with van der Waals surface area (Å²) in [5, 5.41) is 11.2. The van der Waals surface area contributed by atoms with Crippen molar-refractivity contribution in [1.29, 1.82) is 0 Å². The smallest absolute Gasteiger partial charge is 0.295 e. The summed E-state index contributed by atoms with van der Waals surface area (Å²) in [6.07, 6.45) is 0. The number of hydrogen-bond donors (Lipinski definition) is 1. The number of likely N-dealkylation sites (tertiary alicyclic amines) is 1. The zero-order valence-corrected chi connectivity index (χ0v) is 19.6. The number of hydrogen-bond acceptors (Lipinski definition) is 7. The number of Topliss-reactive ketones (excluding diaryl/α,β-unsaturated/α-hetero) is 1. The predicted molar refractivity (Wildman–Crippen MR) is 125 cm³/mol. The Morgan fingerprint density at radius 3 is 2.45 bits per heavy atom. The average molecular weight is 455 g/mol. The molecule has 0 aromatic heterocycles. The van der Waals surface area contributed by atoms with Crippen LogP contribution in [-0.4, -0.2) is 74.6 Å². The van der Waals surface area contributed by atoms with Crippen LogP contribution in [0.15, 0.2) is 48.0 Å². The summed E-state index contributed by atoms with van der Waals surface area (Å²) in [6.45, 7) is 3.20. The molecule has 1 N–H and O–H groups in total. The molecule has 1 heterocycles. The fourth-order valence-corrected chi connectivity index (χ4v) is 3.82. The van der Waals surface area contributed by atoms with Crippen LogP contribution in [-0.2, 0) is 9.59 Å². The summed E-state index contributed by atoms with van der Waals surface area (Å²) < 4.78 is 16.3. The highest BCUT2D eigenvalue weighted by atomic mass is 16.5. The van der Waals surface area contributed by atoms with Crippen molar-refractivity contribution in [2.45, 2.75) is 13.0 Å². The van der Waals surface area contributed by atoms with Crippen molar-refractivity contribution >= 4 is 17.4 Å². The van der Waals surface area contributed by atoms with Gasteiger partial charge >= 0.3 is 0 Å². The largest absolute Gasteiger partial charge is 0.507 e. The second-order valence-corrected chi connectivity index (χ2v) is 7.87. The maximum absolute atomic E-state index is 13.1. The van der Waals surface area contributed by atoms with Crippen molar-refractivity contribution in [3.05, 3.63) is 59.2 Å². The van der Waals surface area contributed by atoms with Crippen LogP contribution in [0.4, 0.5) is 0 Å². The third-order valence-corrected chi connectivity index (χ3v) is 5.47. The van der Waals surface area contributed by atoms with Crippen molar-refractivity contribution in [2.24, 2.45) is 0 Å². The van der Waals surface area contributed by atoms with Crippen LogP contribution in [0.1, 0.15) is 24.1 Å². The molecule has 1 atom stereocenters. The van der Waals surface area contributed by atoms with Crippen LogP contribution >= 0.6 is 0 Å². The maximum atomic E-state index is 13.1. The number of methoxy groups -OCH3 is 2. The zero-order chi connectivity index (χ0) is 24.1. The molecule has 1 saturated heterocycles. The van der Waals surface area contributed by atoms with E-state index in [-0.39, 0.29) is 11.3 Å². The summed E-state index contributed by atoms with van der Waals surface area (Å²) in [7, 11) is 6.83. The molecule has 8 nitrogen and oxygen atoms in total. The molecule has 1 fully saturated rings. The van der Waals surface area contributed by atoms with E-state index in [4.69, 9.17) is 14.2 Å². The van der Waals surface area contributed by atoms with E-state index < -0.39 is 17.7 Å². The van der Waals surface area contributed by atoms with Gasteiger partial charge in [-0.1, -0.05) is 18.2 Å². The molecule has 8 heteroatoms. The Morgan fingerprint density at radius 1 is 1.06 bits per heavy atom. The van der Waals surface area contributed by atoms with Gasteiger partial charge in [0.25, 0.3) is 11.7 Å². The van der Waals surface area contributed by atoms with E-state index in [2.05, 4.69) is 0 Å². The van der Waals surface area contributed by atoms with E-state index in [0.29, 0.717) is 48.1 Å². The van der Waals surface area contributed by atoms with Crippen LogP contribution in [0.3, 0.4) is 0 Å². The van der Waals surface area contributed by atoms with Crippen molar-refractivity contribution in [1.82, 2.24) is 9.80 Å². The number of aliphatic hydroxyl groups excluding tert-OH is 1. The number of rotatable bonds is 9. The molecule has 33 heavy (non-hydrogen) atoms. The SMILES string of the molecule is CCOc1ccc([C@H]2/C(=C(\O)c3cccc(OC)c3)C(=O)C(=O)N2CCN(C)C)cc1OC. The number of ether oxygens (including phenoxy) is 3. The van der Waals surface area contributed by atoms with E-state index in [9.17, 15) is 14.7 Å². The van der Waals surface area contributed by atoms with Crippen LogP contribution in [0, 0.1) is 0 Å². The molecule has 1 aliphatic rings. The molecule has 0 saturated carbocycles. The molecule has 0 aliphatic carbocycles. The summed E-state index contributed by atoms with van der Waals surface area (Å²) in [5.41, 5.74) is 1.05. The summed E-state index contributed by atoms with van der Waals surface area (Å²) in [4.78, 5) is 29.6. The van der Waals surface area contributed by atoms with E-state index in [1.165, 1.54) is 19.1 Å². The first-order chi connectivity index (χ1) is 15.8. The van der Waals surface area contributed by atoms with Crippen LogP contribution in [0.2, 0.25) is 0 Å². The fraction of sp³-hybridized carbons (Fsp3) is 0.360. The van der Waals surface area contributed by atoms with Crippen molar-refractivity contribution in [3.8, 4) is 17.2 Å². The Bertz CT molecular complexity index is 1060. The fourth-order valence-electron chi connectivity index (χ4n) is 3.82. The van der Waals surface area contributed by atoms with Gasteiger partial charge in [-0.25, -0.2) is 0 Å². The Hall–Kier alpha value is -3.52. The van der Waals surface area contributed by atoms with Gasteiger partial charge in [-0.2, -0.15) is 0 Å². The minimum atomic E-state index is -0.777. The lowest BCUT2D eigenvalue weighted by atomic mass is 9.95. The molecule has 3 rings (SSSR count). The number of aliphatic hydroxyl groups is 1. The number of likely N-dealkylation sites (N-methyl/N-ethyl adjacent to an activating group) is 1. The van der Waals surface area contributed by atoms with E-state index >= 15 is 0 Å². The first-order valence-electron chi connectivity index (χ1n) is 10.7. The molecule has 1 amide bonds. The van der Waals surface area contributed by atoms with Gasteiger partial charge in [0.2, 0.25) is 0 Å². The predicted octanol–water partition coefficient (Wildman–Crippen LogP) is 3.09. The minimum Gasteiger partial charge on any atom is -0.507 e. The standard InChI is InChI=1S/C25H30N2O6/c1-6-33-19-11-10-16(15-20(19)32-5)22-21(23(28)17-8-7-9-18(14-17)31-4)24(29)25(30)27(22)13-12-26(2)3/h7-11,14-15,22,28H,6,12-13H2,1-5H3/b23-21+/t22-/m0/s1. The lowest BCUT2D eigenvalue weighted by molar-refractivity contribution is -0.140. The lowest BCUT2D eigenvalue weighted by Gasteiger charge is -2.27. The Morgan fingerprint density at radius 2 is 1.82 bits per heavy atom. The van der Waals surface area contributed by atoms with Gasteiger partial charge in [-0.3, -0.25) is 9.59 Å². The van der Waals surface area contributed by atoms with Gasteiger partial charge in [0.05, 0.1) is 32.4 Å². The molecule has 0 spiro atoms. The van der Waals surface area contributed by atoms with Crippen LogP contribution in [0.25, 0.3) is 5.76 Å². The van der Waals surface area contributed by atoms with E-state index in [1.54, 1.807) is 42.5 Å². The van der Waals surface area contributed by atoms with Gasteiger partial charge in [0.15, 0.2) is 11.5 Å². The first kappa shape index (κ1) is 24.1. The van der Waals surface area contributed by atoms with Gasteiger partial charge < -0.3 is 29.1 Å². The summed E-state index contributed by atoms with van der Waals surface area (Å²) >= 11 is 0. The maximum Gasteiger partial charge on any atom is 0.295 e. The summed E-state index contributed by atoms with van der Waals surface area (Å²) in [5.74, 6) is -0.0700. The third-order valence-electron chi connectivity index (χ3n) is 5.47. The van der Waals surface area contributed by atoms with Gasteiger partial charge in [-0.15, -0.1) is 0 Å². The molecule has 2 aromatic carbocycles. The van der Waals surface area contributed by atoms with Crippen LogP contribution in [0.5, 0.6) is 17.2 Å². The number of carbonyl (C=O) groups excluding carboxylic acids is 2. The molecule has 2 aromatic rings. The van der Waals surface area contributed by atoms with Crippen LogP contribution < -0.4 is 14.2 Å². The highest BCUT2D eigenvalue weighted by molar-refractivity contribution is 6.46. The first-order valence-corrected chi connectivity index (χ1v) is 10.7. The monoisotopic (exact) mass is 454 g/mol. The Kier molecular flexibility index (Phi) is 7.60. The molecular weight excluding hydrogens is 424 g/mol. The number of benzene rings is 2. The van der Waals surface area contributed by atoms with Gasteiger partial charge in [0, 0.05) is 18.7 Å². The zero-order valence-electron chi connectivity index (χ0n) is 19.6. The van der Waals surface area contributed by atoms with Gasteiger partial charge in [-0.05, 0) is 50.8 Å². The number of ketones is 1. The Labute approximate surface area is 194 Å². The van der Waals surface area contributed by atoms with E-state index in [0.717, 1.165) is 0 Å². The number of carbonyl (C=O) groups is 2. The van der Waals surface area contributed by atoms with E-state index in [1.807, 2.05) is 25.9 Å². The second kappa shape index (κ2) is 10.4. The highest BCUT2D eigenvalue weighted by Crippen LogP contribution is 2.42. The molecule has 0 unspecified atom stereocenters. The van der Waals surface area contributed by atoms with Crippen molar-refractivity contribution in [3.63, 3.8) is 0 Å². The normalized spacial score (nSPS) is 17.5. The third kappa shape index (κ3) is 4.96. The highest BCUT2D eigenvalue weighted by Gasteiger charge is 2.46. The quantitative estimate of drug-likeness (QED) is 0.354.